The molecule has 0 aromatic carbocycles. The van der Waals surface area contributed by atoms with Crippen LogP contribution in [0, 0.1) is 0 Å². The number of amides is 1. The van der Waals surface area contributed by atoms with E-state index in [1.807, 2.05) is 0 Å². The summed E-state index contributed by atoms with van der Waals surface area (Å²) in [6.45, 7) is 6.23. The Hall–Kier alpha value is -0.820. The molecule has 0 unspecified atom stereocenters. The Bertz CT molecular complexity index is 364. The smallest absolute Gasteiger partial charge is 0.410 e. The molecular weight excluding hydrogens is 232 g/mol. The number of cyclic esters (lactones) is 1. The van der Waals surface area contributed by atoms with Crippen molar-refractivity contribution in [2.45, 2.75) is 26.3 Å². The molecule has 16 heavy (non-hydrogen) atoms. The van der Waals surface area contributed by atoms with Crippen LogP contribution in [0.3, 0.4) is 0 Å². The summed E-state index contributed by atoms with van der Waals surface area (Å²) in [7, 11) is -3.23. The van der Waals surface area contributed by atoms with Crippen molar-refractivity contribution in [3.8, 4) is 0 Å². The molecule has 1 fully saturated rings. The largest absolute Gasteiger partial charge is 0.448 e. The van der Waals surface area contributed by atoms with E-state index in [0.29, 0.717) is 13.2 Å². The van der Waals surface area contributed by atoms with Gasteiger partial charge < -0.3 is 4.74 Å². The Balaban J connectivity index is 2.61. The minimum Gasteiger partial charge on any atom is -0.448 e. The average molecular weight is 250 g/mol. The molecule has 1 heterocycles. The fourth-order valence-electron chi connectivity index (χ4n) is 1.43. The van der Waals surface area contributed by atoms with E-state index in [1.54, 1.807) is 20.8 Å². The summed E-state index contributed by atoms with van der Waals surface area (Å²) in [6, 6.07) is 0. The topological polar surface area (TPSA) is 75.7 Å². The van der Waals surface area contributed by atoms with Gasteiger partial charge in [-0.05, 0) is 20.8 Å². The highest BCUT2D eigenvalue weighted by Crippen LogP contribution is 2.18. The van der Waals surface area contributed by atoms with Crippen molar-refractivity contribution in [3.63, 3.8) is 0 Å². The van der Waals surface area contributed by atoms with Crippen molar-refractivity contribution in [2.24, 2.45) is 0 Å². The predicted molar refractivity (Wildman–Crippen MR) is 59.6 cm³/mol. The van der Waals surface area contributed by atoms with Gasteiger partial charge in [0.1, 0.15) is 6.61 Å². The molecule has 0 radical (unpaired) electrons. The quantitative estimate of drug-likeness (QED) is 0.754. The lowest BCUT2D eigenvalue weighted by molar-refractivity contribution is 0.127. The maximum atomic E-state index is 11.3. The highest BCUT2D eigenvalue weighted by atomic mass is 32.2. The van der Waals surface area contributed by atoms with Crippen LogP contribution in [0.1, 0.15) is 20.8 Å². The van der Waals surface area contributed by atoms with Gasteiger partial charge in [0, 0.05) is 6.54 Å². The molecule has 1 amide bonds. The third-order valence-electron chi connectivity index (χ3n) is 2.60. The first-order chi connectivity index (χ1) is 7.28. The molecule has 1 saturated heterocycles. The Labute approximate surface area is 96.0 Å². The minimum atomic E-state index is -3.23. The van der Waals surface area contributed by atoms with Gasteiger partial charge in [-0.2, -0.15) is 0 Å². The molecule has 94 valence electrons. The summed E-state index contributed by atoms with van der Waals surface area (Å²) in [5.41, 5.74) is -0.574. The second kappa shape index (κ2) is 4.58. The normalized spacial score (nSPS) is 17.7. The van der Waals surface area contributed by atoms with E-state index in [0.717, 1.165) is 0 Å². The van der Waals surface area contributed by atoms with Crippen molar-refractivity contribution in [1.82, 2.24) is 9.62 Å². The number of carbonyl (C=O) groups is 1. The summed E-state index contributed by atoms with van der Waals surface area (Å²) in [5.74, 6) is 0.0352. The molecule has 1 rings (SSSR count). The van der Waals surface area contributed by atoms with Crippen LogP contribution in [0.15, 0.2) is 0 Å². The van der Waals surface area contributed by atoms with Crippen LogP contribution < -0.4 is 4.72 Å². The van der Waals surface area contributed by atoms with Crippen LogP contribution in [0.5, 0.6) is 0 Å². The molecule has 0 aromatic heterocycles. The predicted octanol–water partition coefficient (Wildman–Crippen LogP) is 0.157. The molecule has 0 bridgehead atoms. The maximum absolute atomic E-state index is 11.3. The Morgan fingerprint density at radius 2 is 2.12 bits per heavy atom. The van der Waals surface area contributed by atoms with E-state index < -0.39 is 15.6 Å². The van der Waals surface area contributed by atoms with Crippen molar-refractivity contribution >= 4 is 16.1 Å². The van der Waals surface area contributed by atoms with Crippen LogP contribution in [0.2, 0.25) is 0 Å². The second-order valence-corrected chi connectivity index (χ2v) is 6.40. The molecule has 0 aliphatic carbocycles. The average Bonchev–Trinajstić information content (AvgIpc) is 2.63. The van der Waals surface area contributed by atoms with E-state index in [-0.39, 0.29) is 18.4 Å². The van der Waals surface area contributed by atoms with Crippen molar-refractivity contribution < 1.29 is 17.9 Å². The number of ether oxygens (including phenoxy) is 1. The third kappa shape index (κ3) is 3.08. The van der Waals surface area contributed by atoms with E-state index in [4.69, 9.17) is 4.74 Å². The highest BCUT2D eigenvalue weighted by molar-refractivity contribution is 7.89. The summed E-state index contributed by atoms with van der Waals surface area (Å²) in [4.78, 5) is 12.9. The first-order valence-corrected chi connectivity index (χ1v) is 6.85. The maximum Gasteiger partial charge on any atom is 0.410 e. The number of carbonyl (C=O) groups excluding carboxylic acids is 1. The number of hydrogen-bond donors (Lipinski definition) is 1. The molecule has 6 nitrogen and oxygen atoms in total. The molecule has 1 N–H and O–H groups in total. The lowest BCUT2D eigenvalue weighted by Gasteiger charge is -2.33. The Kier molecular flexibility index (Phi) is 3.80. The molecule has 1 aliphatic heterocycles. The van der Waals surface area contributed by atoms with Crippen LogP contribution in [-0.4, -0.2) is 50.4 Å². The minimum absolute atomic E-state index is 0.0352. The van der Waals surface area contributed by atoms with E-state index >= 15 is 0 Å². The third-order valence-corrected chi connectivity index (χ3v) is 3.94. The van der Waals surface area contributed by atoms with Gasteiger partial charge in [0.15, 0.2) is 0 Å². The lowest BCUT2D eigenvalue weighted by Crippen LogP contribution is -2.52. The van der Waals surface area contributed by atoms with Gasteiger partial charge in [-0.1, -0.05) is 0 Å². The second-order valence-electron chi connectivity index (χ2n) is 4.30. The zero-order valence-corrected chi connectivity index (χ0v) is 10.6. The van der Waals surface area contributed by atoms with Gasteiger partial charge in [-0.15, -0.1) is 0 Å². The van der Waals surface area contributed by atoms with Gasteiger partial charge >= 0.3 is 6.09 Å². The summed E-state index contributed by atoms with van der Waals surface area (Å²) in [6.07, 6.45) is -0.388. The first kappa shape index (κ1) is 13.2. The summed E-state index contributed by atoms with van der Waals surface area (Å²) < 4.78 is 29.9. The summed E-state index contributed by atoms with van der Waals surface area (Å²) >= 11 is 0. The molecule has 0 spiro atoms. The summed E-state index contributed by atoms with van der Waals surface area (Å²) in [5, 5.41) is 0. The van der Waals surface area contributed by atoms with E-state index in [1.165, 1.54) is 4.90 Å². The van der Waals surface area contributed by atoms with E-state index in [9.17, 15) is 13.2 Å². The fourth-order valence-corrected chi connectivity index (χ4v) is 2.20. The van der Waals surface area contributed by atoms with Crippen LogP contribution >= 0.6 is 0 Å². The van der Waals surface area contributed by atoms with Crippen molar-refractivity contribution in [2.75, 3.05) is 25.4 Å². The van der Waals surface area contributed by atoms with Gasteiger partial charge in [-0.25, -0.2) is 17.9 Å². The van der Waals surface area contributed by atoms with Crippen LogP contribution in [0.25, 0.3) is 0 Å². The number of hydrogen-bond acceptors (Lipinski definition) is 4. The fraction of sp³-hybridized carbons (Fsp3) is 0.889. The molecule has 7 heteroatoms. The highest BCUT2D eigenvalue weighted by Gasteiger charge is 2.36. The number of nitrogens with zero attached hydrogens (tertiary/aromatic N) is 1. The first-order valence-electron chi connectivity index (χ1n) is 5.20. The van der Waals surface area contributed by atoms with Gasteiger partial charge in [0.05, 0.1) is 17.8 Å². The monoisotopic (exact) mass is 250 g/mol. The Morgan fingerprint density at radius 1 is 1.50 bits per heavy atom. The van der Waals surface area contributed by atoms with Crippen molar-refractivity contribution in [1.29, 1.82) is 0 Å². The van der Waals surface area contributed by atoms with Gasteiger partial charge in [0.25, 0.3) is 0 Å². The van der Waals surface area contributed by atoms with Crippen LogP contribution in [0.4, 0.5) is 4.79 Å². The molecule has 0 saturated carbocycles. The van der Waals surface area contributed by atoms with Gasteiger partial charge in [-0.3, -0.25) is 4.90 Å². The van der Waals surface area contributed by atoms with Crippen LogP contribution in [-0.2, 0) is 14.8 Å². The van der Waals surface area contributed by atoms with Crippen molar-refractivity contribution in [3.05, 3.63) is 0 Å². The number of rotatable bonds is 5. The molecular formula is C9H18N2O4S. The van der Waals surface area contributed by atoms with E-state index in [2.05, 4.69) is 4.72 Å². The zero-order chi connectivity index (χ0) is 12.4. The lowest BCUT2D eigenvalue weighted by atomic mass is 10.0. The molecule has 0 atom stereocenters. The Morgan fingerprint density at radius 3 is 2.56 bits per heavy atom. The number of sulfonamides is 1. The number of nitrogens with one attached hydrogen (secondary N) is 1. The standard InChI is InChI=1S/C9H18N2O4S/c1-4-16(13,14)10-7-9(2,3)11-5-6-15-8(11)12/h10H,4-7H2,1-3H3. The molecule has 0 aromatic rings. The SMILES string of the molecule is CCS(=O)(=O)NCC(C)(C)N1CCOC1=O. The zero-order valence-electron chi connectivity index (χ0n) is 9.82. The molecule has 1 aliphatic rings. The van der Waals surface area contributed by atoms with Gasteiger partial charge in [0.2, 0.25) is 10.0 Å².